The molecule has 0 aromatic rings. The third-order valence-corrected chi connectivity index (χ3v) is 2.22. The van der Waals surface area contributed by atoms with Gasteiger partial charge in [0.1, 0.15) is 0 Å². The van der Waals surface area contributed by atoms with Gasteiger partial charge in [0.2, 0.25) is 11.8 Å². The average Bonchev–Trinajstić information content (AvgIpc) is 2.25. The first kappa shape index (κ1) is 16.9. The zero-order valence-corrected chi connectivity index (χ0v) is 11.9. The Morgan fingerprint density at radius 1 is 1.11 bits per heavy atom. The van der Waals surface area contributed by atoms with Crippen molar-refractivity contribution in [2.24, 2.45) is 0 Å². The van der Waals surface area contributed by atoms with Crippen molar-refractivity contribution in [3.8, 4) is 0 Å². The van der Waals surface area contributed by atoms with Crippen LogP contribution < -0.4 is 16.0 Å². The standard InChI is InChI=1S/C12H25N3O3/c1-8(2)14-12(17)10(4)13-6-11(16)15-9(3)7-18-5/h8-10,13H,6-7H2,1-5H3,(H,14,17)(H,15,16). The van der Waals surface area contributed by atoms with Crippen LogP contribution in [-0.4, -0.2) is 50.2 Å². The number of amides is 2. The molecule has 6 nitrogen and oxygen atoms in total. The minimum absolute atomic E-state index is 0.0379. The lowest BCUT2D eigenvalue weighted by Gasteiger charge is -2.17. The topological polar surface area (TPSA) is 79.5 Å². The Morgan fingerprint density at radius 3 is 2.22 bits per heavy atom. The molecule has 2 unspecified atom stereocenters. The van der Waals surface area contributed by atoms with Crippen molar-refractivity contribution in [2.75, 3.05) is 20.3 Å². The molecule has 106 valence electrons. The van der Waals surface area contributed by atoms with Gasteiger partial charge in [-0.05, 0) is 27.7 Å². The van der Waals surface area contributed by atoms with Gasteiger partial charge in [0.05, 0.1) is 19.2 Å². The van der Waals surface area contributed by atoms with Crippen LogP contribution in [0.3, 0.4) is 0 Å². The van der Waals surface area contributed by atoms with Crippen molar-refractivity contribution in [1.29, 1.82) is 0 Å². The van der Waals surface area contributed by atoms with E-state index in [9.17, 15) is 9.59 Å². The second-order valence-corrected chi connectivity index (χ2v) is 4.69. The number of carbonyl (C=O) groups is 2. The molecule has 3 N–H and O–H groups in total. The summed E-state index contributed by atoms with van der Waals surface area (Å²) in [5.74, 6) is -0.258. The van der Waals surface area contributed by atoms with E-state index in [4.69, 9.17) is 4.74 Å². The summed E-state index contributed by atoms with van der Waals surface area (Å²) in [6, 6.07) is -0.336. The van der Waals surface area contributed by atoms with E-state index in [-0.39, 0.29) is 30.4 Å². The van der Waals surface area contributed by atoms with Gasteiger partial charge in [-0.3, -0.25) is 14.9 Å². The van der Waals surface area contributed by atoms with Crippen molar-refractivity contribution in [1.82, 2.24) is 16.0 Å². The second kappa shape index (κ2) is 8.88. The van der Waals surface area contributed by atoms with Gasteiger partial charge >= 0.3 is 0 Å². The van der Waals surface area contributed by atoms with Crippen LogP contribution in [0.5, 0.6) is 0 Å². The number of hydrogen-bond acceptors (Lipinski definition) is 4. The Balaban J connectivity index is 3.87. The molecule has 0 saturated carbocycles. The number of nitrogens with one attached hydrogen (secondary N) is 3. The monoisotopic (exact) mass is 259 g/mol. The third-order valence-electron chi connectivity index (χ3n) is 2.22. The molecule has 0 rings (SSSR count). The Labute approximate surface area is 109 Å². The van der Waals surface area contributed by atoms with Crippen LogP contribution in [0, 0.1) is 0 Å². The molecule has 6 heteroatoms. The molecule has 2 atom stereocenters. The highest BCUT2D eigenvalue weighted by Gasteiger charge is 2.14. The molecule has 0 spiro atoms. The minimum Gasteiger partial charge on any atom is -0.383 e. The van der Waals surface area contributed by atoms with Crippen LogP contribution in [0.4, 0.5) is 0 Å². The fourth-order valence-corrected chi connectivity index (χ4v) is 1.37. The van der Waals surface area contributed by atoms with Gasteiger partial charge in [-0.25, -0.2) is 0 Å². The molecule has 0 aromatic heterocycles. The van der Waals surface area contributed by atoms with E-state index in [0.29, 0.717) is 6.61 Å². The van der Waals surface area contributed by atoms with Gasteiger partial charge in [0.25, 0.3) is 0 Å². The molecule has 0 aromatic carbocycles. The zero-order valence-electron chi connectivity index (χ0n) is 11.9. The maximum Gasteiger partial charge on any atom is 0.237 e. The van der Waals surface area contributed by atoms with E-state index in [1.807, 2.05) is 20.8 Å². The quantitative estimate of drug-likeness (QED) is 0.556. The molecule has 0 bridgehead atoms. The maximum absolute atomic E-state index is 11.6. The van der Waals surface area contributed by atoms with Crippen LogP contribution in [0.15, 0.2) is 0 Å². The van der Waals surface area contributed by atoms with E-state index in [1.54, 1.807) is 14.0 Å². The Hall–Kier alpha value is -1.14. The molecule has 0 aliphatic carbocycles. The van der Waals surface area contributed by atoms with Crippen LogP contribution in [-0.2, 0) is 14.3 Å². The molecular formula is C12H25N3O3. The number of hydrogen-bond donors (Lipinski definition) is 3. The summed E-state index contributed by atoms with van der Waals surface area (Å²) in [5.41, 5.74) is 0. The van der Waals surface area contributed by atoms with Crippen molar-refractivity contribution < 1.29 is 14.3 Å². The number of methoxy groups -OCH3 is 1. The molecule has 0 fully saturated rings. The summed E-state index contributed by atoms with van der Waals surface area (Å²) >= 11 is 0. The van der Waals surface area contributed by atoms with Gasteiger partial charge in [-0.2, -0.15) is 0 Å². The van der Waals surface area contributed by atoms with E-state index in [2.05, 4.69) is 16.0 Å². The van der Waals surface area contributed by atoms with Gasteiger partial charge in [-0.1, -0.05) is 0 Å². The highest BCUT2D eigenvalue weighted by molar-refractivity contribution is 5.83. The highest BCUT2D eigenvalue weighted by Crippen LogP contribution is 1.86. The first-order valence-electron chi connectivity index (χ1n) is 6.18. The summed E-state index contributed by atoms with van der Waals surface area (Å²) < 4.78 is 4.91. The van der Waals surface area contributed by atoms with Gasteiger partial charge in [0, 0.05) is 19.2 Å². The molecule has 0 aliphatic heterocycles. The predicted molar refractivity (Wildman–Crippen MR) is 70.2 cm³/mol. The smallest absolute Gasteiger partial charge is 0.237 e. The van der Waals surface area contributed by atoms with E-state index < -0.39 is 6.04 Å². The Morgan fingerprint density at radius 2 is 1.72 bits per heavy atom. The second-order valence-electron chi connectivity index (χ2n) is 4.69. The molecular weight excluding hydrogens is 234 g/mol. The van der Waals surface area contributed by atoms with E-state index in [1.165, 1.54) is 0 Å². The molecule has 2 amide bonds. The average molecular weight is 259 g/mol. The highest BCUT2D eigenvalue weighted by atomic mass is 16.5. The first-order chi connectivity index (χ1) is 8.36. The van der Waals surface area contributed by atoms with E-state index in [0.717, 1.165) is 0 Å². The SMILES string of the molecule is COCC(C)NC(=O)CNC(C)C(=O)NC(C)C. The summed E-state index contributed by atoms with van der Waals surface area (Å²) in [6.07, 6.45) is 0. The molecule has 0 radical (unpaired) electrons. The molecule has 18 heavy (non-hydrogen) atoms. The first-order valence-corrected chi connectivity index (χ1v) is 6.18. The van der Waals surface area contributed by atoms with Crippen molar-refractivity contribution in [2.45, 2.75) is 45.8 Å². The lowest BCUT2D eigenvalue weighted by Crippen LogP contribution is -2.48. The fourth-order valence-electron chi connectivity index (χ4n) is 1.37. The summed E-state index contributed by atoms with van der Waals surface area (Å²) in [5, 5.41) is 8.40. The van der Waals surface area contributed by atoms with Gasteiger partial charge in [-0.15, -0.1) is 0 Å². The summed E-state index contributed by atoms with van der Waals surface area (Å²) in [7, 11) is 1.58. The Kier molecular flexibility index (Phi) is 8.32. The molecule has 0 aliphatic rings. The van der Waals surface area contributed by atoms with Crippen LogP contribution >= 0.6 is 0 Å². The molecule has 0 heterocycles. The maximum atomic E-state index is 11.6. The predicted octanol–water partition coefficient (Wildman–Crippen LogP) is -0.360. The summed E-state index contributed by atoms with van der Waals surface area (Å²) in [6.45, 7) is 7.95. The zero-order chi connectivity index (χ0) is 14.1. The van der Waals surface area contributed by atoms with Crippen LogP contribution in [0.25, 0.3) is 0 Å². The van der Waals surface area contributed by atoms with Crippen LogP contribution in [0.2, 0.25) is 0 Å². The normalized spacial score (nSPS) is 14.1. The van der Waals surface area contributed by atoms with Gasteiger partial charge < -0.3 is 15.4 Å². The summed E-state index contributed by atoms with van der Waals surface area (Å²) in [4.78, 5) is 23.1. The Bertz CT molecular complexity index is 269. The van der Waals surface area contributed by atoms with Crippen molar-refractivity contribution >= 4 is 11.8 Å². The number of carbonyl (C=O) groups excluding carboxylic acids is 2. The lowest BCUT2D eigenvalue weighted by molar-refractivity contribution is -0.124. The number of ether oxygens (including phenoxy) is 1. The molecule has 0 saturated heterocycles. The van der Waals surface area contributed by atoms with Crippen molar-refractivity contribution in [3.63, 3.8) is 0 Å². The lowest BCUT2D eigenvalue weighted by atomic mass is 10.2. The number of rotatable bonds is 8. The van der Waals surface area contributed by atoms with Crippen molar-refractivity contribution in [3.05, 3.63) is 0 Å². The third kappa shape index (κ3) is 8.03. The van der Waals surface area contributed by atoms with Crippen LogP contribution in [0.1, 0.15) is 27.7 Å². The van der Waals surface area contributed by atoms with Gasteiger partial charge in [0.15, 0.2) is 0 Å². The minimum atomic E-state index is -0.393. The largest absolute Gasteiger partial charge is 0.383 e. The fraction of sp³-hybridized carbons (Fsp3) is 0.833. The van der Waals surface area contributed by atoms with E-state index >= 15 is 0 Å².